The molecule has 1 radical (unpaired) electrons. The summed E-state index contributed by atoms with van der Waals surface area (Å²) in [7, 11) is 0. The molecule has 0 amide bonds. The molecule has 3 heteroatoms. The van der Waals surface area contributed by atoms with Gasteiger partial charge in [-0.3, -0.25) is 0 Å². The molecule has 2 nitrogen and oxygen atoms in total. The van der Waals surface area contributed by atoms with Gasteiger partial charge in [0.2, 0.25) is 0 Å². The third kappa shape index (κ3) is 3.93. The Bertz CT molecular complexity index is 82.5. The van der Waals surface area contributed by atoms with Crippen molar-refractivity contribution in [2.24, 2.45) is 0 Å². The van der Waals surface area contributed by atoms with E-state index in [-0.39, 0.29) is 6.10 Å². The summed E-state index contributed by atoms with van der Waals surface area (Å²) in [5.74, 6) is 0. The van der Waals surface area contributed by atoms with E-state index in [2.05, 4.69) is 4.74 Å². The van der Waals surface area contributed by atoms with Crippen molar-refractivity contribution in [2.45, 2.75) is 20.0 Å². The Hall–Kier alpha value is -0.240. The Labute approximate surface area is 53.8 Å². The molecule has 8 heavy (non-hydrogen) atoms. The van der Waals surface area contributed by atoms with Crippen LogP contribution >= 0.6 is 11.6 Å². The first-order valence-electron chi connectivity index (χ1n) is 2.32. The van der Waals surface area contributed by atoms with Crippen LogP contribution in [0.2, 0.25) is 0 Å². The first kappa shape index (κ1) is 7.76. The fraction of sp³-hybridized carbons (Fsp3) is 0.600. The van der Waals surface area contributed by atoms with E-state index in [0.717, 1.165) is 0 Å². The van der Waals surface area contributed by atoms with E-state index < -0.39 is 5.43 Å². The van der Waals surface area contributed by atoms with E-state index in [1.165, 1.54) is 0 Å². The molecule has 0 spiro atoms. The van der Waals surface area contributed by atoms with Gasteiger partial charge in [-0.15, -0.1) is 0 Å². The Morgan fingerprint density at radius 3 is 2.50 bits per heavy atom. The maximum atomic E-state index is 9.94. The van der Waals surface area contributed by atoms with E-state index in [4.69, 9.17) is 11.6 Å². The summed E-state index contributed by atoms with van der Waals surface area (Å²) in [6.45, 7) is 3.53. The smallest absolute Gasteiger partial charge is 0.404 e. The van der Waals surface area contributed by atoms with Crippen LogP contribution in [0.25, 0.3) is 0 Å². The van der Waals surface area contributed by atoms with Gasteiger partial charge < -0.3 is 4.74 Å². The largest absolute Gasteiger partial charge is 0.450 e. The SMILES string of the molecule is C[CH]C(C)OC(=O)Cl. The Kier molecular flexibility index (Phi) is 3.61. The van der Waals surface area contributed by atoms with Gasteiger partial charge in [-0.05, 0) is 13.3 Å². The molecule has 1 atom stereocenters. The van der Waals surface area contributed by atoms with Crippen LogP contribution in [-0.2, 0) is 4.74 Å². The fourth-order valence-electron chi connectivity index (χ4n) is 0.214. The molecular formula is C5H8ClO2. The molecule has 0 aliphatic rings. The number of halogens is 1. The van der Waals surface area contributed by atoms with Crippen LogP contribution in [0.3, 0.4) is 0 Å². The average Bonchev–Trinajstić information content (AvgIpc) is 1.65. The second kappa shape index (κ2) is 3.72. The lowest BCUT2D eigenvalue weighted by Crippen LogP contribution is -2.07. The maximum Gasteiger partial charge on any atom is 0.404 e. The minimum atomic E-state index is -0.754. The highest BCUT2D eigenvalue weighted by atomic mass is 35.5. The summed E-state index contributed by atoms with van der Waals surface area (Å²) >= 11 is 4.87. The van der Waals surface area contributed by atoms with Crippen LogP contribution < -0.4 is 0 Å². The van der Waals surface area contributed by atoms with Crippen molar-refractivity contribution < 1.29 is 9.53 Å². The first-order chi connectivity index (χ1) is 3.66. The van der Waals surface area contributed by atoms with Gasteiger partial charge in [0.15, 0.2) is 0 Å². The first-order valence-corrected chi connectivity index (χ1v) is 2.70. The fourth-order valence-corrected chi connectivity index (χ4v) is 0.355. The summed E-state index contributed by atoms with van der Waals surface area (Å²) in [6.07, 6.45) is 1.56. The Balaban J connectivity index is 3.24. The molecule has 0 fully saturated rings. The predicted molar refractivity (Wildman–Crippen MR) is 31.8 cm³/mol. The van der Waals surface area contributed by atoms with Crippen molar-refractivity contribution in [3.05, 3.63) is 6.42 Å². The second-order valence-electron chi connectivity index (χ2n) is 1.39. The summed E-state index contributed by atoms with van der Waals surface area (Å²) in [5.41, 5.74) is -0.754. The molecule has 0 N–H and O–H groups in total. The number of hydrogen-bond acceptors (Lipinski definition) is 2. The van der Waals surface area contributed by atoms with Crippen molar-refractivity contribution in [3.63, 3.8) is 0 Å². The topological polar surface area (TPSA) is 26.3 Å². The molecule has 0 aromatic rings. The van der Waals surface area contributed by atoms with Gasteiger partial charge in [-0.1, -0.05) is 6.92 Å². The van der Waals surface area contributed by atoms with E-state index in [9.17, 15) is 4.79 Å². The molecule has 0 saturated heterocycles. The third-order valence-corrected chi connectivity index (χ3v) is 0.837. The molecule has 0 aliphatic carbocycles. The summed E-state index contributed by atoms with van der Waals surface area (Å²) in [4.78, 5) is 9.94. The average molecular weight is 136 g/mol. The minimum Gasteiger partial charge on any atom is -0.450 e. The van der Waals surface area contributed by atoms with Gasteiger partial charge in [0.05, 0.1) is 0 Å². The summed E-state index contributed by atoms with van der Waals surface area (Å²) in [6, 6.07) is 0. The highest BCUT2D eigenvalue weighted by Crippen LogP contribution is 1.97. The van der Waals surface area contributed by atoms with Gasteiger partial charge >= 0.3 is 5.43 Å². The van der Waals surface area contributed by atoms with Crippen molar-refractivity contribution in [3.8, 4) is 0 Å². The van der Waals surface area contributed by atoms with Crippen LogP contribution in [-0.4, -0.2) is 11.5 Å². The van der Waals surface area contributed by atoms with E-state index in [0.29, 0.717) is 0 Å². The number of ether oxygens (including phenoxy) is 1. The quantitative estimate of drug-likeness (QED) is 0.542. The number of carbonyl (C=O) groups is 1. The Morgan fingerprint density at radius 2 is 2.38 bits per heavy atom. The zero-order chi connectivity index (χ0) is 6.57. The molecule has 0 saturated carbocycles. The van der Waals surface area contributed by atoms with Crippen molar-refractivity contribution in [2.75, 3.05) is 0 Å². The van der Waals surface area contributed by atoms with Crippen LogP contribution in [0.15, 0.2) is 0 Å². The lowest BCUT2D eigenvalue weighted by Gasteiger charge is -2.04. The predicted octanol–water partition coefficient (Wildman–Crippen LogP) is 1.97. The zero-order valence-electron chi connectivity index (χ0n) is 4.85. The van der Waals surface area contributed by atoms with Gasteiger partial charge in [0.1, 0.15) is 6.10 Å². The minimum absolute atomic E-state index is 0.181. The molecule has 0 aliphatic heterocycles. The number of carbonyl (C=O) groups excluding carboxylic acids is 1. The molecule has 0 rings (SSSR count). The lowest BCUT2D eigenvalue weighted by atomic mass is 10.3. The maximum absolute atomic E-state index is 9.94. The molecular weight excluding hydrogens is 128 g/mol. The van der Waals surface area contributed by atoms with E-state index in [1.54, 1.807) is 20.3 Å². The number of rotatable bonds is 2. The molecule has 47 valence electrons. The van der Waals surface area contributed by atoms with Crippen molar-refractivity contribution >= 4 is 17.0 Å². The highest BCUT2D eigenvalue weighted by Gasteiger charge is 2.01. The standard InChI is InChI=1S/C5H8ClO2/c1-3-4(2)8-5(6)7/h3-4H,1-2H3. The van der Waals surface area contributed by atoms with Crippen LogP contribution in [0.1, 0.15) is 13.8 Å². The monoisotopic (exact) mass is 135 g/mol. The van der Waals surface area contributed by atoms with E-state index >= 15 is 0 Å². The van der Waals surface area contributed by atoms with Gasteiger partial charge in [0.25, 0.3) is 0 Å². The molecule has 0 heterocycles. The normalized spacial score (nSPS) is 12.9. The van der Waals surface area contributed by atoms with Gasteiger partial charge in [-0.2, -0.15) is 0 Å². The van der Waals surface area contributed by atoms with Gasteiger partial charge in [-0.25, -0.2) is 4.79 Å². The van der Waals surface area contributed by atoms with Crippen LogP contribution in [0, 0.1) is 6.42 Å². The van der Waals surface area contributed by atoms with Crippen LogP contribution in [0.4, 0.5) is 4.79 Å². The molecule has 0 aromatic carbocycles. The molecule has 0 bridgehead atoms. The van der Waals surface area contributed by atoms with Crippen molar-refractivity contribution in [1.29, 1.82) is 0 Å². The second-order valence-corrected chi connectivity index (χ2v) is 1.70. The molecule has 1 unspecified atom stereocenters. The lowest BCUT2D eigenvalue weighted by molar-refractivity contribution is 0.147. The van der Waals surface area contributed by atoms with E-state index in [1.807, 2.05) is 0 Å². The van der Waals surface area contributed by atoms with Crippen LogP contribution in [0.5, 0.6) is 0 Å². The Morgan fingerprint density at radius 1 is 1.88 bits per heavy atom. The molecule has 0 aromatic heterocycles. The van der Waals surface area contributed by atoms with Gasteiger partial charge in [0, 0.05) is 11.6 Å². The zero-order valence-corrected chi connectivity index (χ0v) is 5.61. The number of hydrogen-bond donors (Lipinski definition) is 0. The summed E-state index contributed by atoms with van der Waals surface area (Å²) in [5, 5.41) is 0. The highest BCUT2D eigenvalue weighted by molar-refractivity contribution is 6.61. The van der Waals surface area contributed by atoms with Crippen molar-refractivity contribution in [1.82, 2.24) is 0 Å². The third-order valence-electron chi connectivity index (χ3n) is 0.748. The summed E-state index contributed by atoms with van der Waals surface area (Å²) < 4.78 is 4.47.